The summed E-state index contributed by atoms with van der Waals surface area (Å²) in [5.74, 6) is 0.454. The zero-order chi connectivity index (χ0) is 19.6. The Balaban J connectivity index is 2.67. The number of rotatable bonds is 10. The number of carbonyl (C=O) groups excluding carboxylic acids is 1. The van der Waals surface area contributed by atoms with Crippen LogP contribution >= 0.6 is 11.6 Å². The predicted octanol–water partition coefficient (Wildman–Crippen LogP) is 5.65. The van der Waals surface area contributed by atoms with Gasteiger partial charge < -0.3 is 4.74 Å². The van der Waals surface area contributed by atoms with Gasteiger partial charge in [-0.3, -0.25) is 4.79 Å². The van der Waals surface area contributed by atoms with Gasteiger partial charge in [0.15, 0.2) is 5.76 Å². The third kappa shape index (κ3) is 8.05. The van der Waals surface area contributed by atoms with Crippen molar-refractivity contribution < 1.29 is 9.53 Å². The highest BCUT2D eigenvalue weighted by Crippen LogP contribution is 2.15. The predicted molar refractivity (Wildman–Crippen MR) is 109 cm³/mol. The fraction of sp³-hybridized carbons (Fsp3) is 0.524. The number of nitrogens with zero attached hydrogens (tertiary/aromatic N) is 2. The van der Waals surface area contributed by atoms with Crippen LogP contribution in [0.3, 0.4) is 0 Å². The van der Waals surface area contributed by atoms with Crippen molar-refractivity contribution in [3.05, 3.63) is 46.2 Å². The SMILES string of the molecule is CCCCCc1ccc(COC(/C=N\N(C=O)C(C)(C)C)=C(/C)Cl)cc1. The molecular weight excluding hydrogens is 348 g/mol. The van der Waals surface area contributed by atoms with Gasteiger partial charge in [-0.05, 0) is 51.7 Å². The zero-order valence-electron chi connectivity index (χ0n) is 16.6. The lowest BCUT2D eigenvalue weighted by Gasteiger charge is -2.26. The lowest BCUT2D eigenvalue weighted by atomic mass is 10.1. The number of ether oxygens (including phenoxy) is 1. The van der Waals surface area contributed by atoms with E-state index in [9.17, 15) is 4.79 Å². The number of hydrogen-bond acceptors (Lipinski definition) is 3. The van der Waals surface area contributed by atoms with Crippen LogP contribution in [-0.2, 0) is 22.6 Å². The van der Waals surface area contributed by atoms with E-state index in [-0.39, 0.29) is 0 Å². The van der Waals surface area contributed by atoms with Gasteiger partial charge >= 0.3 is 0 Å². The first-order valence-corrected chi connectivity index (χ1v) is 9.51. The first-order valence-electron chi connectivity index (χ1n) is 9.13. The number of benzene rings is 1. The van der Waals surface area contributed by atoms with Crippen molar-refractivity contribution in [1.29, 1.82) is 0 Å². The van der Waals surface area contributed by atoms with Crippen LogP contribution in [0.4, 0.5) is 0 Å². The van der Waals surface area contributed by atoms with E-state index in [0.717, 1.165) is 12.0 Å². The van der Waals surface area contributed by atoms with Crippen molar-refractivity contribution in [3.8, 4) is 0 Å². The maximum Gasteiger partial charge on any atom is 0.230 e. The Morgan fingerprint density at radius 3 is 2.31 bits per heavy atom. The molecule has 1 aromatic rings. The zero-order valence-corrected chi connectivity index (χ0v) is 17.3. The summed E-state index contributed by atoms with van der Waals surface area (Å²) in [6, 6.07) is 8.44. The smallest absolute Gasteiger partial charge is 0.230 e. The number of amides is 1. The van der Waals surface area contributed by atoms with Gasteiger partial charge in [0, 0.05) is 0 Å². The monoisotopic (exact) mass is 378 g/mol. The summed E-state index contributed by atoms with van der Waals surface area (Å²) in [5, 5.41) is 6.00. The minimum atomic E-state index is -0.406. The van der Waals surface area contributed by atoms with Gasteiger partial charge in [0.2, 0.25) is 6.41 Å². The highest BCUT2D eigenvalue weighted by Gasteiger charge is 2.18. The molecule has 1 aromatic carbocycles. The topological polar surface area (TPSA) is 41.9 Å². The molecule has 0 aliphatic heterocycles. The first-order chi connectivity index (χ1) is 12.3. The van der Waals surface area contributed by atoms with Crippen molar-refractivity contribution in [2.75, 3.05) is 0 Å². The molecule has 0 heterocycles. The molecule has 0 unspecified atom stereocenters. The Hall–Kier alpha value is -1.81. The summed E-state index contributed by atoms with van der Waals surface area (Å²) < 4.78 is 5.79. The van der Waals surface area contributed by atoms with Crippen molar-refractivity contribution in [2.45, 2.75) is 72.4 Å². The fourth-order valence-electron chi connectivity index (χ4n) is 2.24. The summed E-state index contributed by atoms with van der Waals surface area (Å²) in [6.45, 7) is 10.1. The summed E-state index contributed by atoms with van der Waals surface area (Å²) in [7, 11) is 0. The normalized spacial score (nSPS) is 12.8. The lowest BCUT2D eigenvalue weighted by molar-refractivity contribution is -0.122. The third-order valence-corrected chi connectivity index (χ3v) is 4.10. The summed E-state index contributed by atoms with van der Waals surface area (Å²) in [4.78, 5) is 11.2. The minimum Gasteiger partial charge on any atom is -0.486 e. The van der Waals surface area contributed by atoms with Crippen LogP contribution in [0.5, 0.6) is 0 Å². The Kier molecular flexibility index (Phi) is 9.42. The molecule has 4 nitrogen and oxygen atoms in total. The molecule has 0 atom stereocenters. The third-order valence-electron chi connectivity index (χ3n) is 3.91. The van der Waals surface area contributed by atoms with E-state index in [0.29, 0.717) is 23.8 Å². The van der Waals surface area contributed by atoms with Gasteiger partial charge in [0.1, 0.15) is 6.61 Å². The number of unbranched alkanes of at least 4 members (excludes halogenated alkanes) is 2. The quantitative estimate of drug-likeness (QED) is 0.173. The average Bonchev–Trinajstić information content (AvgIpc) is 2.58. The largest absolute Gasteiger partial charge is 0.486 e. The summed E-state index contributed by atoms with van der Waals surface area (Å²) in [6.07, 6.45) is 7.01. The van der Waals surface area contributed by atoms with E-state index >= 15 is 0 Å². The van der Waals surface area contributed by atoms with Crippen LogP contribution in [0, 0.1) is 0 Å². The summed E-state index contributed by atoms with van der Waals surface area (Å²) >= 11 is 6.10. The van der Waals surface area contributed by atoms with E-state index in [4.69, 9.17) is 16.3 Å². The lowest BCUT2D eigenvalue weighted by Crippen LogP contribution is -2.36. The second kappa shape index (κ2) is 11.0. The number of hydrogen-bond donors (Lipinski definition) is 0. The maximum atomic E-state index is 11.2. The highest BCUT2D eigenvalue weighted by molar-refractivity contribution is 6.30. The van der Waals surface area contributed by atoms with Crippen LogP contribution in [-0.4, -0.2) is 23.2 Å². The molecule has 0 aliphatic rings. The van der Waals surface area contributed by atoms with Crippen LogP contribution in [0.15, 0.2) is 40.2 Å². The molecule has 0 aromatic heterocycles. The molecule has 0 radical (unpaired) electrons. The van der Waals surface area contributed by atoms with E-state index < -0.39 is 5.54 Å². The Bertz CT molecular complexity index is 612. The second-order valence-electron chi connectivity index (χ2n) is 7.33. The van der Waals surface area contributed by atoms with E-state index in [2.05, 4.69) is 36.3 Å². The van der Waals surface area contributed by atoms with Crippen LogP contribution in [0.25, 0.3) is 0 Å². The van der Waals surface area contributed by atoms with Crippen molar-refractivity contribution in [2.24, 2.45) is 5.10 Å². The molecule has 0 spiro atoms. The molecule has 144 valence electrons. The number of carbonyl (C=O) groups is 1. The molecule has 0 bridgehead atoms. The molecule has 0 saturated carbocycles. The summed E-state index contributed by atoms with van der Waals surface area (Å²) in [5.41, 5.74) is 2.01. The highest BCUT2D eigenvalue weighted by atomic mass is 35.5. The molecule has 0 fully saturated rings. The average molecular weight is 379 g/mol. The van der Waals surface area contributed by atoms with Gasteiger partial charge in [-0.2, -0.15) is 5.10 Å². The van der Waals surface area contributed by atoms with Crippen LogP contribution in [0.1, 0.15) is 65.0 Å². The van der Waals surface area contributed by atoms with E-state index in [1.54, 1.807) is 6.92 Å². The molecule has 1 amide bonds. The maximum absolute atomic E-state index is 11.2. The van der Waals surface area contributed by atoms with Crippen molar-refractivity contribution in [1.82, 2.24) is 5.01 Å². The Morgan fingerprint density at radius 2 is 1.81 bits per heavy atom. The number of aryl methyl sites for hydroxylation is 1. The molecule has 5 heteroatoms. The molecular formula is C21H31ClN2O2. The molecule has 0 N–H and O–H groups in total. The van der Waals surface area contributed by atoms with Gasteiger partial charge in [0.05, 0.1) is 16.8 Å². The minimum absolute atomic E-state index is 0.400. The van der Waals surface area contributed by atoms with Gasteiger partial charge in [-0.25, -0.2) is 5.01 Å². The first kappa shape index (κ1) is 22.2. The van der Waals surface area contributed by atoms with Gasteiger partial charge in [-0.1, -0.05) is 55.6 Å². The number of halogens is 1. The standard InChI is InChI=1S/C21H31ClN2O2/c1-6-7-8-9-18-10-12-19(13-11-18)15-26-20(17(2)22)14-23-24(16-25)21(3,4)5/h10-14,16H,6-9,15H2,1-5H3/b20-17-,23-14-. The van der Waals surface area contributed by atoms with Crippen LogP contribution in [0.2, 0.25) is 0 Å². The van der Waals surface area contributed by atoms with E-state index in [1.165, 1.54) is 36.0 Å². The van der Waals surface area contributed by atoms with Crippen molar-refractivity contribution in [3.63, 3.8) is 0 Å². The second-order valence-corrected chi connectivity index (χ2v) is 7.89. The molecule has 0 aliphatic carbocycles. The fourth-order valence-corrected chi connectivity index (χ4v) is 2.34. The molecule has 0 saturated heterocycles. The number of allylic oxidation sites excluding steroid dienone is 2. The molecule has 26 heavy (non-hydrogen) atoms. The Morgan fingerprint density at radius 1 is 1.19 bits per heavy atom. The molecule has 1 rings (SSSR count). The van der Waals surface area contributed by atoms with Gasteiger partial charge in [0.25, 0.3) is 0 Å². The van der Waals surface area contributed by atoms with E-state index in [1.807, 2.05) is 20.8 Å². The van der Waals surface area contributed by atoms with Crippen molar-refractivity contribution >= 4 is 24.2 Å². The number of hydrazone groups is 1. The Labute approximate surface area is 162 Å². The van der Waals surface area contributed by atoms with Gasteiger partial charge in [-0.15, -0.1) is 0 Å². The van der Waals surface area contributed by atoms with Crippen LogP contribution < -0.4 is 0 Å².